The first-order valence-electron chi connectivity index (χ1n) is 8.04. The molecule has 128 valence electrons. The molecule has 0 bridgehead atoms. The molecule has 0 aliphatic rings. The quantitative estimate of drug-likeness (QED) is 0.826. The minimum atomic E-state index is -0.340. The van der Waals surface area contributed by atoms with Crippen LogP contribution in [0, 0.1) is 19.8 Å². The van der Waals surface area contributed by atoms with Gasteiger partial charge in [0.25, 0.3) is 11.8 Å². The topological polar surface area (TPSA) is 76.0 Å². The van der Waals surface area contributed by atoms with Gasteiger partial charge in [0.2, 0.25) is 0 Å². The van der Waals surface area contributed by atoms with E-state index in [1.807, 2.05) is 32.0 Å². The van der Waals surface area contributed by atoms with Gasteiger partial charge in [-0.05, 0) is 49.9 Å². The zero-order valence-electron chi connectivity index (χ0n) is 14.6. The highest BCUT2D eigenvalue weighted by molar-refractivity contribution is 5.95. The molecule has 1 aromatic carbocycles. The molecule has 0 unspecified atom stereocenters. The predicted octanol–water partition coefficient (Wildman–Crippen LogP) is 2.16. The molecule has 2 amide bonds. The normalized spacial score (nSPS) is 10.7. The lowest BCUT2D eigenvalue weighted by molar-refractivity contribution is -0.122. The third-order valence-electron chi connectivity index (χ3n) is 3.57. The van der Waals surface area contributed by atoms with Crippen molar-refractivity contribution in [3.8, 4) is 0 Å². The first-order chi connectivity index (χ1) is 11.3. The van der Waals surface area contributed by atoms with Crippen molar-refractivity contribution in [2.45, 2.75) is 40.7 Å². The van der Waals surface area contributed by atoms with Gasteiger partial charge in [0.15, 0.2) is 0 Å². The van der Waals surface area contributed by atoms with Crippen molar-refractivity contribution in [3.63, 3.8) is 0 Å². The minimum Gasteiger partial charge on any atom is -0.271 e. The molecule has 6 heteroatoms. The van der Waals surface area contributed by atoms with Crippen molar-refractivity contribution in [2.75, 3.05) is 0 Å². The molecule has 24 heavy (non-hydrogen) atoms. The van der Waals surface area contributed by atoms with Gasteiger partial charge in [0.05, 0.1) is 5.69 Å². The second-order valence-electron chi connectivity index (χ2n) is 6.38. The van der Waals surface area contributed by atoms with Gasteiger partial charge in [-0.1, -0.05) is 26.0 Å². The van der Waals surface area contributed by atoms with Crippen LogP contribution < -0.4 is 10.9 Å². The summed E-state index contributed by atoms with van der Waals surface area (Å²) in [6.07, 6.45) is 0.973. The number of hydrogen-bond donors (Lipinski definition) is 2. The van der Waals surface area contributed by atoms with E-state index < -0.39 is 0 Å². The van der Waals surface area contributed by atoms with Crippen LogP contribution in [0.2, 0.25) is 0 Å². The molecule has 0 aliphatic heterocycles. The number of aromatic nitrogens is 2. The molecule has 0 spiro atoms. The van der Waals surface area contributed by atoms with Crippen molar-refractivity contribution in [2.24, 2.45) is 5.92 Å². The molecule has 0 aliphatic carbocycles. The fourth-order valence-electron chi connectivity index (χ4n) is 2.47. The number of hydrogen-bond acceptors (Lipinski definition) is 3. The van der Waals surface area contributed by atoms with Gasteiger partial charge >= 0.3 is 0 Å². The van der Waals surface area contributed by atoms with E-state index in [0.29, 0.717) is 11.5 Å². The first kappa shape index (κ1) is 17.7. The Hall–Kier alpha value is -2.63. The van der Waals surface area contributed by atoms with Crippen molar-refractivity contribution >= 4 is 11.8 Å². The third-order valence-corrected chi connectivity index (χ3v) is 3.57. The number of amides is 2. The van der Waals surface area contributed by atoms with Gasteiger partial charge < -0.3 is 0 Å². The molecule has 2 aromatic rings. The fraction of sp³-hybridized carbons (Fsp3) is 0.389. The van der Waals surface area contributed by atoms with E-state index in [0.717, 1.165) is 17.8 Å². The number of nitrogens with zero attached hydrogens (tertiary/aromatic N) is 2. The number of carbonyl (C=O) groups is 2. The van der Waals surface area contributed by atoms with E-state index >= 15 is 0 Å². The SMILES string of the molecule is Cc1cc(C)n(CC(=O)NNC(=O)c2ccc(CC(C)C)cc2)n1. The average molecular weight is 328 g/mol. The first-order valence-corrected chi connectivity index (χ1v) is 8.04. The average Bonchev–Trinajstić information content (AvgIpc) is 2.82. The summed E-state index contributed by atoms with van der Waals surface area (Å²) in [6, 6.07) is 9.30. The maximum atomic E-state index is 12.1. The van der Waals surface area contributed by atoms with Crippen molar-refractivity contribution in [1.82, 2.24) is 20.6 Å². The zero-order chi connectivity index (χ0) is 17.7. The Kier molecular flexibility index (Phi) is 5.73. The van der Waals surface area contributed by atoms with Crippen molar-refractivity contribution in [1.29, 1.82) is 0 Å². The van der Waals surface area contributed by atoms with E-state index in [4.69, 9.17) is 0 Å². The number of nitrogens with one attached hydrogen (secondary N) is 2. The zero-order valence-corrected chi connectivity index (χ0v) is 14.6. The number of carbonyl (C=O) groups excluding carboxylic acids is 2. The number of rotatable bonds is 5. The van der Waals surface area contributed by atoms with E-state index in [-0.39, 0.29) is 18.4 Å². The lowest BCUT2D eigenvalue weighted by atomic mass is 10.0. The van der Waals surface area contributed by atoms with E-state index in [2.05, 4.69) is 29.8 Å². The number of aryl methyl sites for hydroxylation is 2. The third kappa shape index (κ3) is 4.94. The summed E-state index contributed by atoms with van der Waals surface area (Å²) < 4.78 is 1.59. The minimum absolute atomic E-state index is 0.0628. The Morgan fingerprint density at radius 2 is 1.79 bits per heavy atom. The molecule has 6 nitrogen and oxygen atoms in total. The number of benzene rings is 1. The van der Waals surface area contributed by atoms with E-state index in [1.54, 1.807) is 16.8 Å². The molecule has 1 heterocycles. The molecular formula is C18H24N4O2. The summed E-state index contributed by atoms with van der Waals surface area (Å²) >= 11 is 0. The smallest absolute Gasteiger partial charge is 0.269 e. The standard InChI is InChI=1S/C18H24N4O2/c1-12(2)9-15-5-7-16(8-6-15)18(24)20-19-17(23)11-22-14(4)10-13(3)21-22/h5-8,10,12H,9,11H2,1-4H3,(H,19,23)(H,20,24). The molecular weight excluding hydrogens is 304 g/mol. The van der Waals surface area contributed by atoms with Gasteiger partial charge in [-0.3, -0.25) is 25.1 Å². The van der Waals surface area contributed by atoms with E-state index in [1.165, 1.54) is 5.56 Å². The van der Waals surface area contributed by atoms with Gasteiger partial charge in [-0.25, -0.2) is 0 Å². The Labute approximate surface area is 142 Å². The summed E-state index contributed by atoms with van der Waals surface area (Å²) in [7, 11) is 0. The van der Waals surface area contributed by atoms with Crippen LogP contribution in [0.15, 0.2) is 30.3 Å². The lowest BCUT2D eigenvalue weighted by Gasteiger charge is -2.09. The van der Waals surface area contributed by atoms with Crippen LogP contribution in [-0.2, 0) is 17.8 Å². The van der Waals surface area contributed by atoms with Crippen LogP contribution in [0.5, 0.6) is 0 Å². The van der Waals surface area contributed by atoms with Crippen LogP contribution >= 0.6 is 0 Å². The predicted molar refractivity (Wildman–Crippen MR) is 92.3 cm³/mol. The maximum absolute atomic E-state index is 12.1. The molecule has 0 saturated heterocycles. The highest BCUT2D eigenvalue weighted by atomic mass is 16.2. The van der Waals surface area contributed by atoms with E-state index in [9.17, 15) is 9.59 Å². The van der Waals surface area contributed by atoms with Crippen LogP contribution in [-0.4, -0.2) is 21.6 Å². The Bertz CT molecular complexity index is 717. The monoisotopic (exact) mass is 328 g/mol. The molecule has 2 rings (SSSR count). The highest BCUT2D eigenvalue weighted by Crippen LogP contribution is 2.09. The Morgan fingerprint density at radius 1 is 1.12 bits per heavy atom. The second kappa shape index (κ2) is 7.77. The van der Waals surface area contributed by atoms with Crippen LogP contribution in [0.3, 0.4) is 0 Å². The Balaban J connectivity index is 1.86. The maximum Gasteiger partial charge on any atom is 0.269 e. The second-order valence-corrected chi connectivity index (χ2v) is 6.38. The largest absolute Gasteiger partial charge is 0.271 e. The van der Waals surface area contributed by atoms with Crippen LogP contribution in [0.4, 0.5) is 0 Å². The molecule has 0 saturated carbocycles. The number of hydrazine groups is 1. The summed E-state index contributed by atoms with van der Waals surface area (Å²) in [5.74, 6) is -0.0999. The van der Waals surface area contributed by atoms with Gasteiger partial charge in [-0.15, -0.1) is 0 Å². The van der Waals surface area contributed by atoms with Gasteiger partial charge in [0, 0.05) is 11.3 Å². The van der Waals surface area contributed by atoms with Crippen molar-refractivity contribution < 1.29 is 9.59 Å². The highest BCUT2D eigenvalue weighted by Gasteiger charge is 2.10. The molecule has 2 N–H and O–H groups in total. The summed E-state index contributed by atoms with van der Waals surface area (Å²) in [6.45, 7) is 8.11. The van der Waals surface area contributed by atoms with Crippen molar-refractivity contribution in [3.05, 3.63) is 52.8 Å². The summed E-state index contributed by atoms with van der Waals surface area (Å²) in [5, 5.41) is 4.21. The van der Waals surface area contributed by atoms with Crippen LogP contribution in [0.1, 0.15) is 41.2 Å². The van der Waals surface area contributed by atoms with Gasteiger partial charge in [0.1, 0.15) is 6.54 Å². The molecule has 1 aromatic heterocycles. The van der Waals surface area contributed by atoms with Crippen LogP contribution in [0.25, 0.3) is 0 Å². The molecule has 0 radical (unpaired) electrons. The molecule has 0 atom stereocenters. The Morgan fingerprint density at radius 3 is 2.33 bits per heavy atom. The summed E-state index contributed by atoms with van der Waals surface area (Å²) in [4.78, 5) is 24.0. The lowest BCUT2D eigenvalue weighted by Crippen LogP contribution is -2.43. The fourth-order valence-corrected chi connectivity index (χ4v) is 2.47. The molecule has 0 fully saturated rings. The van der Waals surface area contributed by atoms with Gasteiger partial charge in [-0.2, -0.15) is 5.10 Å². The summed E-state index contributed by atoms with van der Waals surface area (Å²) in [5.41, 5.74) is 8.29.